The molecule has 6 heteroatoms. The van der Waals surface area contributed by atoms with Crippen molar-refractivity contribution >= 4 is 5.91 Å². The van der Waals surface area contributed by atoms with Gasteiger partial charge in [0.2, 0.25) is 0 Å². The first-order valence-electron chi connectivity index (χ1n) is 9.85. The third-order valence-corrected chi connectivity index (χ3v) is 6.08. The number of hydrogen-bond donors (Lipinski definition) is 0. The molecule has 4 rings (SSSR count). The number of imidazole rings is 1. The van der Waals surface area contributed by atoms with Crippen LogP contribution in [-0.4, -0.2) is 64.1 Å². The Hall–Kier alpha value is -1.40. The molecule has 0 aromatic carbocycles. The molecule has 6 nitrogen and oxygen atoms in total. The van der Waals surface area contributed by atoms with Gasteiger partial charge in [-0.15, -0.1) is 0 Å². The minimum atomic E-state index is -0.394. The summed E-state index contributed by atoms with van der Waals surface area (Å²) < 4.78 is 8.66. The summed E-state index contributed by atoms with van der Waals surface area (Å²) in [5.74, 6) is 2.05. The highest BCUT2D eigenvalue weighted by molar-refractivity contribution is 5.81. The number of amides is 1. The van der Waals surface area contributed by atoms with E-state index in [-0.39, 0.29) is 5.91 Å². The van der Waals surface area contributed by atoms with Gasteiger partial charge in [-0.25, -0.2) is 4.98 Å². The number of rotatable bonds is 5. The van der Waals surface area contributed by atoms with Gasteiger partial charge in [-0.05, 0) is 45.4 Å². The fourth-order valence-electron chi connectivity index (χ4n) is 4.37. The Bertz CT molecular complexity index is 613. The monoisotopic (exact) mass is 346 g/mol. The average molecular weight is 346 g/mol. The molecule has 0 unspecified atom stereocenters. The van der Waals surface area contributed by atoms with Gasteiger partial charge in [0.1, 0.15) is 11.4 Å². The van der Waals surface area contributed by atoms with E-state index in [1.807, 2.05) is 31.1 Å². The van der Waals surface area contributed by atoms with Gasteiger partial charge in [0.15, 0.2) is 6.10 Å². The predicted molar refractivity (Wildman–Crippen MR) is 95.1 cm³/mol. The Kier molecular flexibility index (Phi) is 4.58. The van der Waals surface area contributed by atoms with Crippen molar-refractivity contribution in [3.63, 3.8) is 0 Å². The minimum absolute atomic E-state index is 0.115. The van der Waals surface area contributed by atoms with E-state index >= 15 is 0 Å². The van der Waals surface area contributed by atoms with Crippen LogP contribution in [0.25, 0.3) is 0 Å². The molecule has 1 saturated carbocycles. The fourth-order valence-corrected chi connectivity index (χ4v) is 4.37. The van der Waals surface area contributed by atoms with Gasteiger partial charge in [0, 0.05) is 45.1 Å². The van der Waals surface area contributed by atoms with Crippen LogP contribution < -0.4 is 0 Å². The second-order valence-corrected chi connectivity index (χ2v) is 7.76. The first kappa shape index (κ1) is 17.0. The normalized spacial score (nSPS) is 25.8. The standard InChI is InChI=1S/C19H30N4O2/c1-3-22(4-2)17(24)16-14-23-12-9-20-18(23)19(25-16)7-10-21(11-8-19)13-15-5-6-15/h9,12,15-16H,3-8,10-11,13-14H2,1-2H3/t16-/m0/s1. The van der Waals surface area contributed by atoms with E-state index in [0.717, 1.165) is 50.8 Å². The molecular formula is C19H30N4O2. The quantitative estimate of drug-likeness (QED) is 0.816. The highest BCUT2D eigenvalue weighted by atomic mass is 16.5. The molecule has 1 aliphatic carbocycles. The topological polar surface area (TPSA) is 50.6 Å². The largest absolute Gasteiger partial charge is 0.352 e. The number of ether oxygens (including phenoxy) is 1. The molecule has 3 aliphatic rings. The Labute approximate surface area is 150 Å². The predicted octanol–water partition coefficient (Wildman–Crippen LogP) is 1.85. The third-order valence-electron chi connectivity index (χ3n) is 6.08. The van der Waals surface area contributed by atoms with E-state index in [0.29, 0.717) is 6.54 Å². The lowest BCUT2D eigenvalue weighted by Gasteiger charge is -2.46. The molecule has 0 radical (unpaired) electrons. The van der Waals surface area contributed by atoms with Crippen molar-refractivity contribution in [2.75, 3.05) is 32.7 Å². The number of aromatic nitrogens is 2. The molecule has 1 saturated heterocycles. The van der Waals surface area contributed by atoms with Crippen LogP contribution in [0, 0.1) is 5.92 Å². The first-order chi connectivity index (χ1) is 12.1. The van der Waals surface area contributed by atoms with E-state index in [2.05, 4.69) is 14.5 Å². The molecule has 2 fully saturated rings. The first-order valence-corrected chi connectivity index (χ1v) is 9.85. The SMILES string of the molecule is CCN(CC)C(=O)[C@@H]1Cn2ccnc2C2(CCN(CC3CC3)CC2)O1. The van der Waals surface area contributed by atoms with Crippen molar-refractivity contribution in [3.8, 4) is 0 Å². The van der Waals surface area contributed by atoms with Crippen molar-refractivity contribution < 1.29 is 9.53 Å². The summed E-state index contributed by atoms with van der Waals surface area (Å²) >= 11 is 0. The van der Waals surface area contributed by atoms with Crippen LogP contribution in [0.5, 0.6) is 0 Å². The maximum Gasteiger partial charge on any atom is 0.253 e. The van der Waals surface area contributed by atoms with Crippen molar-refractivity contribution in [2.24, 2.45) is 5.92 Å². The Morgan fingerprint density at radius 3 is 2.68 bits per heavy atom. The molecule has 1 atom stereocenters. The summed E-state index contributed by atoms with van der Waals surface area (Å²) in [4.78, 5) is 21.9. The maximum atomic E-state index is 12.9. The summed E-state index contributed by atoms with van der Waals surface area (Å²) in [5, 5.41) is 0. The van der Waals surface area contributed by atoms with Gasteiger partial charge in [0.25, 0.3) is 5.91 Å². The average Bonchev–Trinajstić information content (AvgIpc) is 3.31. The second kappa shape index (κ2) is 6.72. The number of fused-ring (bicyclic) bond motifs is 2. The number of nitrogens with zero attached hydrogens (tertiary/aromatic N) is 4. The zero-order valence-corrected chi connectivity index (χ0v) is 15.5. The van der Waals surface area contributed by atoms with Crippen LogP contribution in [0.3, 0.4) is 0 Å². The zero-order valence-electron chi connectivity index (χ0n) is 15.5. The Morgan fingerprint density at radius 1 is 1.32 bits per heavy atom. The summed E-state index contributed by atoms with van der Waals surface area (Å²) in [6.07, 6.45) is 8.10. The molecule has 1 amide bonds. The van der Waals surface area contributed by atoms with Crippen LogP contribution in [-0.2, 0) is 21.7 Å². The third kappa shape index (κ3) is 3.22. The molecule has 138 valence electrons. The van der Waals surface area contributed by atoms with Crippen molar-refractivity contribution in [1.29, 1.82) is 0 Å². The second-order valence-electron chi connectivity index (χ2n) is 7.76. The zero-order chi connectivity index (χ0) is 17.4. The Morgan fingerprint density at radius 2 is 2.04 bits per heavy atom. The lowest BCUT2D eigenvalue weighted by atomic mass is 9.88. The number of likely N-dealkylation sites (N-methyl/N-ethyl adjacent to an activating group) is 1. The lowest BCUT2D eigenvalue weighted by Crippen LogP contribution is -2.54. The van der Waals surface area contributed by atoms with Crippen LogP contribution in [0.4, 0.5) is 0 Å². The molecule has 0 bridgehead atoms. The van der Waals surface area contributed by atoms with E-state index in [9.17, 15) is 4.79 Å². The van der Waals surface area contributed by atoms with Crippen molar-refractivity contribution in [2.45, 2.75) is 57.8 Å². The number of carbonyl (C=O) groups excluding carboxylic acids is 1. The molecule has 25 heavy (non-hydrogen) atoms. The van der Waals surface area contributed by atoms with Gasteiger partial charge in [-0.2, -0.15) is 0 Å². The minimum Gasteiger partial charge on any atom is -0.352 e. The van der Waals surface area contributed by atoms with E-state index in [1.54, 1.807) is 0 Å². The molecular weight excluding hydrogens is 316 g/mol. The van der Waals surface area contributed by atoms with Crippen LogP contribution in [0.1, 0.15) is 45.4 Å². The molecule has 1 spiro atoms. The Balaban J connectivity index is 1.52. The van der Waals surface area contributed by atoms with E-state index < -0.39 is 11.7 Å². The highest BCUT2D eigenvalue weighted by Gasteiger charge is 2.47. The molecule has 2 aliphatic heterocycles. The van der Waals surface area contributed by atoms with Gasteiger partial charge in [-0.1, -0.05) is 0 Å². The lowest BCUT2D eigenvalue weighted by molar-refractivity contribution is -0.181. The maximum absolute atomic E-state index is 12.9. The van der Waals surface area contributed by atoms with E-state index in [4.69, 9.17) is 4.74 Å². The summed E-state index contributed by atoms with van der Waals surface area (Å²) in [6, 6.07) is 0. The molecule has 3 heterocycles. The van der Waals surface area contributed by atoms with Gasteiger partial charge in [0.05, 0.1) is 6.54 Å². The van der Waals surface area contributed by atoms with Crippen LogP contribution >= 0.6 is 0 Å². The van der Waals surface area contributed by atoms with Crippen LogP contribution in [0.15, 0.2) is 12.4 Å². The molecule has 0 N–H and O–H groups in total. The number of carbonyl (C=O) groups is 1. The van der Waals surface area contributed by atoms with Crippen molar-refractivity contribution in [1.82, 2.24) is 19.4 Å². The number of likely N-dealkylation sites (tertiary alicyclic amines) is 1. The molecule has 1 aromatic rings. The van der Waals surface area contributed by atoms with E-state index in [1.165, 1.54) is 19.4 Å². The summed E-state index contributed by atoms with van der Waals surface area (Å²) in [5.41, 5.74) is -0.394. The van der Waals surface area contributed by atoms with Gasteiger partial charge in [-0.3, -0.25) is 4.79 Å². The molecule has 1 aromatic heterocycles. The smallest absolute Gasteiger partial charge is 0.253 e. The highest BCUT2D eigenvalue weighted by Crippen LogP contribution is 2.41. The summed E-state index contributed by atoms with van der Waals surface area (Å²) in [7, 11) is 0. The fraction of sp³-hybridized carbons (Fsp3) is 0.789. The number of hydrogen-bond acceptors (Lipinski definition) is 4. The van der Waals surface area contributed by atoms with Crippen molar-refractivity contribution in [3.05, 3.63) is 18.2 Å². The van der Waals surface area contributed by atoms with Crippen LogP contribution in [0.2, 0.25) is 0 Å². The van der Waals surface area contributed by atoms with Gasteiger partial charge < -0.3 is 19.1 Å². The summed E-state index contributed by atoms with van der Waals surface area (Å²) in [6.45, 7) is 9.40. The van der Waals surface area contributed by atoms with Gasteiger partial charge >= 0.3 is 0 Å². The number of piperidine rings is 1.